The van der Waals surface area contributed by atoms with Crippen molar-refractivity contribution in [2.45, 2.75) is 19.6 Å². The number of aromatic hydroxyl groups is 3. The molecule has 5 aromatic rings. The third-order valence-electron chi connectivity index (χ3n) is 6.81. The van der Waals surface area contributed by atoms with E-state index in [1.807, 2.05) is 0 Å². The molecule has 273 valence electrons. The molecule has 0 atom stereocenters. The molecule has 0 aliphatic heterocycles. The fraction of sp³-hybridized carbons (Fsp3) is 0. The average Bonchev–Trinajstić information content (AvgIpc) is 2.99. The summed E-state index contributed by atoms with van der Waals surface area (Å²) in [4.78, 5) is -4.94. The first kappa shape index (κ1) is 39.0. The number of nitrogens with zero attached hydrogens (tertiary/aromatic N) is 4. The van der Waals surface area contributed by atoms with Crippen molar-refractivity contribution in [2.24, 2.45) is 20.5 Å². The number of rotatable bonds is 8. The number of phenols is 3. The van der Waals surface area contributed by atoms with E-state index in [1.54, 1.807) is 0 Å². The van der Waals surface area contributed by atoms with Gasteiger partial charge in [-0.15, -0.1) is 15.3 Å². The summed E-state index contributed by atoms with van der Waals surface area (Å²) in [6.07, 6.45) is 0. The number of hydrogen-bond donors (Lipinski definition) is 8. The average molecular weight is 833 g/mol. The van der Waals surface area contributed by atoms with Gasteiger partial charge < -0.3 is 21.1 Å². The minimum absolute atomic E-state index is 0. The predicted molar refractivity (Wildman–Crippen MR) is 171 cm³/mol. The smallest absolute Gasteiger partial charge is 0.296 e. The molecule has 9 N–H and O–H groups in total. The van der Waals surface area contributed by atoms with Crippen LogP contribution in [0.1, 0.15) is 0 Å². The van der Waals surface area contributed by atoms with E-state index in [0.717, 1.165) is 12.1 Å². The van der Waals surface area contributed by atoms with E-state index in [1.165, 1.54) is 24.3 Å². The molecule has 51 heavy (non-hydrogen) atoms. The molecular weight excluding hydrogens is 814 g/mol. The summed E-state index contributed by atoms with van der Waals surface area (Å²) in [7, 11) is -21.3. The van der Waals surface area contributed by atoms with Gasteiger partial charge >= 0.3 is 0 Å². The topological polar surface area (TPSA) is 354 Å². The van der Waals surface area contributed by atoms with Crippen molar-refractivity contribution in [1.29, 1.82) is 0 Å². The third-order valence-corrected chi connectivity index (χ3v) is 10.3. The van der Waals surface area contributed by atoms with Crippen molar-refractivity contribution >= 4 is 90.5 Å². The summed E-state index contributed by atoms with van der Waals surface area (Å²) in [5.74, 6) is -3.20. The number of anilines is 1. The molecule has 0 saturated carbocycles. The van der Waals surface area contributed by atoms with Crippen molar-refractivity contribution in [3.8, 4) is 17.2 Å². The Morgan fingerprint density at radius 1 is 0.510 bits per heavy atom. The normalized spacial score (nSPS) is 12.9. The van der Waals surface area contributed by atoms with Gasteiger partial charge in [-0.3, -0.25) is 18.2 Å². The Hall–Kier alpha value is -4.82. The summed E-state index contributed by atoms with van der Waals surface area (Å²) in [5, 5.41) is 44.8. The Balaban J connectivity index is 0.00000583. The van der Waals surface area contributed by atoms with Crippen LogP contribution in [0, 0.1) is 0 Å². The van der Waals surface area contributed by atoms with Crippen LogP contribution in [0.25, 0.3) is 21.5 Å². The molecule has 5 aromatic carbocycles. The number of phenolic OH excluding ortho intramolecular Hbond substituents is 3. The van der Waals surface area contributed by atoms with Gasteiger partial charge in [0.2, 0.25) is 0 Å². The number of hydrogen-bond acceptors (Lipinski definition) is 16. The van der Waals surface area contributed by atoms with Gasteiger partial charge in [-0.05, 0) is 66.0 Å². The molecule has 0 aliphatic carbocycles. The quantitative estimate of drug-likeness (QED) is 0.0461. The van der Waals surface area contributed by atoms with Crippen LogP contribution in [0.2, 0.25) is 0 Å². The zero-order chi connectivity index (χ0) is 37.1. The van der Waals surface area contributed by atoms with Crippen molar-refractivity contribution in [2.75, 3.05) is 5.73 Å². The summed E-state index contributed by atoms with van der Waals surface area (Å²) >= 11 is 0. The number of nitrogen functional groups attached to an aromatic ring is 1. The first-order chi connectivity index (χ1) is 23.0. The molecule has 25 heteroatoms. The largest absolute Gasteiger partial charge is 0.506 e. The van der Waals surface area contributed by atoms with E-state index in [4.69, 9.17) is 5.73 Å². The van der Waals surface area contributed by atoms with E-state index in [9.17, 15) is 67.2 Å². The zero-order valence-electron chi connectivity index (χ0n) is 24.5. The molecule has 0 unspecified atom stereocenters. The molecule has 0 amide bonds. The number of azo groups is 2. The van der Waals surface area contributed by atoms with Gasteiger partial charge in [-0.25, -0.2) is 0 Å². The van der Waals surface area contributed by atoms with E-state index >= 15 is 0 Å². The molecular formula is C26H19CuN5O15S4. The summed E-state index contributed by atoms with van der Waals surface area (Å²) in [6.45, 7) is 0. The number of fused-ring (bicyclic) bond motifs is 2. The second kappa shape index (κ2) is 13.4. The Morgan fingerprint density at radius 2 is 1.02 bits per heavy atom. The van der Waals surface area contributed by atoms with Crippen molar-refractivity contribution in [3.05, 3.63) is 60.7 Å². The second-order valence-corrected chi connectivity index (χ2v) is 15.7. The van der Waals surface area contributed by atoms with Gasteiger partial charge in [0, 0.05) is 38.9 Å². The van der Waals surface area contributed by atoms with Gasteiger partial charge in [0.1, 0.15) is 37.5 Å². The fourth-order valence-corrected chi connectivity index (χ4v) is 7.28. The number of benzene rings is 5. The molecule has 0 saturated heterocycles. The van der Waals surface area contributed by atoms with Crippen LogP contribution in [0.4, 0.5) is 28.4 Å². The molecule has 0 aromatic heterocycles. The molecule has 5 rings (SSSR count). The standard InChI is InChI=1S/C26H19N5O15S4.Cu/c27-12-1-3-13(4-2-12)28-30-23-20(50(44,45)46)10-16-15(25(23)33)5-6-17(32)22(16)29-31-24-19(49(41,42)43)8-11-7-14(47(35,36)37)9-18(48(38,39)40)21(11)26(24)34;/h1-10,32-34H,27H2,(H,35,36,37)(H,38,39,40)(H,41,42,43)(H,44,45,46);. The molecule has 0 fully saturated rings. The van der Waals surface area contributed by atoms with Crippen molar-refractivity contribution in [1.82, 2.24) is 0 Å². The Labute approximate surface area is 297 Å². The van der Waals surface area contributed by atoms with Crippen LogP contribution < -0.4 is 5.73 Å². The maximum atomic E-state index is 12.4. The Kier molecular flexibility index (Phi) is 10.2. The summed E-state index contributed by atoms with van der Waals surface area (Å²) < 4.78 is 136. The first-order valence-corrected chi connectivity index (χ1v) is 18.7. The first-order valence-electron chi connectivity index (χ1n) is 12.9. The predicted octanol–water partition coefficient (Wildman–Crippen LogP) is 4.51. The van der Waals surface area contributed by atoms with Crippen molar-refractivity contribution < 1.29 is 84.3 Å². The van der Waals surface area contributed by atoms with E-state index in [2.05, 4.69) is 20.5 Å². The Bertz CT molecular complexity index is 2790. The van der Waals surface area contributed by atoms with Crippen LogP contribution >= 0.6 is 0 Å². The molecule has 1 radical (unpaired) electrons. The van der Waals surface area contributed by atoms with Gasteiger partial charge in [0.05, 0.1) is 10.6 Å². The molecule has 0 spiro atoms. The fourth-order valence-electron chi connectivity index (χ4n) is 4.61. The van der Waals surface area contributed by atoms with Crippen LogP contribution in [0.3, 0.4) is 0 Å². The number of nitrogens with two attached hydrogens (primary N) is 1. The molecule has 0 aliphatic rings. The maximum Gasteiger partial charge on any atom is 0.296 e. The summed E-state index contributed by atoms with van der Waals surface area (Å²) in [5.41, 5.74) is 3.34. The van der Waals surface area contributed by atoms with Crippen LogP contribution in [0.5, 0.6) is 17.2 Å². The third kappa shape index (κ3) is 7.76. The minimum Gasteiger partial charge on any atom is -0.506 e. The van der Waals surface area contributed by atoms with Gasteiger partial charge in [-0.1, -0.05) is 0 Å². The molecule has 20 nitrogen and oxygen atoms in total. The molecule has 0 bridgehead atoms. The van der Waals surface area contributed by atoms with E-state index in [-0.39, 0.29) is 34.2 Å². The van der Waals surface area contributed by atoms with E-state index in [0.29, 0.717) is 23.9 Å². The Morgan fingerprint density at radius 3 is 1.57 bits per heavy atom. The van der Waals surface area contributed by atoms with Crippen LogP contribution in [-0.4, -0.2) is 67.2 Å². The van der Waals surface area contributed by atoms with Gasteiger partial charge in [0.25, 0.3) is 40.5 Å². The van der Waals surface area contributed by atoms with Crippen molar-refractivity contribution in [3.63, 3.8) is 0 Å². The maximum absolute atomic E-state index is 12.4. The minimum atomic E-state index is -5.45. The second-order valence-electron chi connectivity index (χ2n) is 10.1. The SMILES string of the molecule is Nc1ccc(N=Nc2c(S(=O)(=O)O)cc3c(N=Nc4c(S(=O)(=O)O)cc5cc(S(=O)(=O)O)cc(S(=O)(=O)O)c5c4O)c(O)ccc3c2O)cc1.[Cu]. The van der Waals surface area contributed by atoms with Gasteiger partial charge in [0.15, 0.2) is 11.5 Å². The monoisotopic (exact) mass is 832 g/mol. The molecule has 0 heterocycles. The van der Waals surface area contributed by atoms with E-state index < -0.39 is 111 Å². The van der Waals surface area contributed by atoms with Gasteiger partial charge in [-0.2, -0.15) is 38.8 Å². The summed E-state index contributed by atoms with van der Waals surface area (Å²) in [6, 6.07) is 9.44. The zero-order valence-corrected chi connectivity index (χ0v) is 28.7. The van der Waals surface area contributed by atoms with Crippen LogP contribution in [0.15, 0.2) is 101 Å². The van der Waals surface area contributed by atoms with Crippen LogP contribution in [-0.2, 0) is 57.5 Å².